The molecular formula is C70H42N4O2. The third kappa shape index (κ3) is 6.54. The Balaban J connectivity index is 0.913. The average molecular weight is 971 g/mol. The number of para-hydroxylation sites is 2. The predicted molar refractivity (Wildman–Crippen MR) is 305 cm³/mol. The largest absolute Gasteiger partial charge is 0.455 e. The van der Waals surface area contributed by atoms with Crippen molar-refractivity contribution in [2.45, 2.75) is 11.8 Å². The number of fused-ring (bicyclic) bond motifs is 12. The van der Waals surface area contributed by atoms with Crippen LogP contribution in [0.2, 0.25) is 0 Å². The number of pyridine rings is 1. The van der Waals surface area contributed by atoms with E-state index in [0.29, 0.717) is 23.2 Å². The Hall–Kier alpha value is -10.0. The Kier molecular flexibility index (Phi) is 9.36. The molecule has 0 spiro atoms. The highest BCUT2D eigenvalue weighted by Crippen LogP contribution is 2.53. The van der Waals surface area contributed by atoms with Gasteiger partial charge in [-0.3, -0.25) is 4.98 Å². The first kappa shape index (κ1) is 42.5. The lowest BCUT2D eigenvalue weighted by atomic mass is 9.89. The SMILES string of the molecule is c1ccc(-c2nc(-c3ccccc3)nc(-c3cc(-c4cccc5c4oc4cc6c(cc45)-c4ccccc4C6c4ccccc4)cnc3-c3cccc4c3oc3cc5c(cc34)-c3ccccc3C5c3ccccc3)n2)cc1. The molecule has 2 aliphatic rings. The summed E-state index contributed by atoms with van der Waals surface area (Å²) in [6, 6.07) is 83.5. The highest BCUT2D eigenvalue weighted by molar-refractivity contribution is 6.14. The summed E-state index contributed by atoms with van der Waals surface area (Å²) < 4.78 is 14.2. The molecule has 6 heteroatoms. The van der Waals surface area contributed by atoms with Gasteiger partial charge >= 0.3 is 0 Å². The van der Waals surface area contributed by atoms with Gasteiger partial charge in [-0.2, -0.15) is 0 Å². The van der Waals surface area contributed by atoms with Crippen LogP contribution >= 0.6 is 0 Å². The quantitative estimate of drug-likeness (QED) is 0.158. The minimum Gasteiger partial charge on any atom is -0.455 e. The van der Waals surface area contributed by atoms with E-state index in [2.05, 4.69) is 176 Å². The van der Waals surface area contributed by atoms with E-state index in [1.807, 2.05) is 66.9 Å². The molecule has 0 radical (unpaired) electrons. The molecule has 10 aromatic carbocycles. The summed E-state index contributed by atoms with van der Waals surface area (Å²) >= 11 is 0. The van der Waals surface area contributed by atoms with Crippen molar-refractivity contribution in [1.29, 1.82) is 0 Å². The fourth-order valence-electron chi connectivity index (χ4n) is 12.3. The van der Waals surface area contributed by atoms with Crippen LogP contribution in [0.4, 0.5) is 0 Å². The van der Waals surface area contributed by atoms with Crippen molar-refractivity contribution >= 4 is 43.9 Å². The van der Waals surface area contributed by atoms with Gasteiger partial charge in [0.1, 0.15) is 22.3 Å². The molecule has 0 fully saturated rings. The van der Waals surface area contributed by atoms with Gasteiger partial charge in [0.05, 0.1) is 5.69 Å². The smallest absolute Gasteiger partial charge is 0.166 e. The van der Waals surface area contributed by atoms with E-state index in [1.54, 1.807) is 0 Å². The topological polar surface area (TPSA) is 77.8 Å². The van der Waals surface area contributed by atoms with E-state index in [4.69, 9.17) is 28.8 Å². The second kappa shape index (κ2) is 16.7. The van der Waals surface area contributed by atoms with Crippen molar-refractivity contribution in [3.05, 3.63) is 276 Å². The van der Waals surface area contributed by atoms with E-state index in [-0.39, 0.29) is 11.8 Å². The molecule has 0 aliphatic heterocycles. The Morgan fingerprint density at radius 2 is 0.724 bits per heavy atom. The fourth-order valence-corrected chi connectivity index (χ4v) is 12.3. The second-order valence-electron chi connectivity index (χ2n) is 20.0. The Labute approximate surface area is 437 Å². The van der Waals surface area contributed by atoms with Gasteiger partial charge < -0.3 is 8.83 Å². The van der Waals surface area contributed by atoms with Gasteiger partial charge in [-0.15, -0.1) is 0 Å². The standard InChI is InChI=1S/C70H42N4O2/c1-5-19-41(20-6-1)63-49-29-15-13-27-47(49)54-36-56-51-32-17-31-46(66(51)75-61(56)38-58(54)63)45-35-60(70-73-68(43-23-9-3-10-24-43)72-69(74-70)44-25-11-4-12-26-44)65(71-40-45)53-34-18-33-52-57-37-55-48-28-14-16-30-50(48)64(42-21-7-2-8-22-42)59(55)39-62(57)76-67(52)53/h1-40,63-64H. The van der Waals surface area contributed by atoms with E-state index >= 15 is 0 Å². The molecule has 0 saturated carbocycles. The van der Waals surface area contributed by atoms with E-state index in [9.17, 15) is 0 Å². The minimum atomic E-state index is 0.0896. The second-order valence-corrected chi connectivity index (χ2v) is 20.0. The molecule has 76 heavy (non-hydrogen) atoms. The van der Waals surface area contributed by atoms with Crippen LogP contribution in [-0.4, -0.2) is 19.9 Å². The van der Waals surface area contributed by atoms with E-state index in [1.165, 1.54) is 55.6 Å². The van der Waals surface area contributed by atoms with Crippen molar-refractivity contribution < 1.29 is 8.83 Å². The van der Waals surface area contributed by atoms with E-state index in [0.717, 1.165) is 77.3 Å². The van der Waals surface area contributed by atoms with Crippen LogP contribution in [-0.2, 0) is 0 Å². The normalized spacial score (nSPS) is 14.3. The summed E-state index contributed by atoms with van der Waals surface area (Å²) in [7, 11) is 0. The zero-order valence-corrected chi connectivity index (χ0v) is 40.9. The van der Waals surface area contributed by atoms with Crippen molar-refractivity contribution in [3.8, 4) is 78.8 Å². The number of hydrogen-bond donors (Lipinski definition) is 0. The van der Waals surface area contributed by atoms with E-state index < -0.39 is 0 Å². The third-order valence-electron chi connectivity index (χ3n) is 15.7. The molecule has 354 valence electrons. The number of hydrogen-bond acceptors (Lipinski definition) is 6. The van der Waals surface area contributed by atoms with Crippen molar-refractivity contribution in [3.63, 3.8) is 0 Å². The molecule has 0 N–H and O–H groups in total. The Bertz CT molecular complexity index is 4580. The minimum absolute atomic E-state index is 0.0896. The Morgan fingerprint density at radius 3 is 1.25 bits per heavy atom. The predicted octanol–water partition coefficient (Wildman–Crippen LogP) is 17.7. The first-order chi connectivity index (χ1) is 37.7. The van der Waals surface area contributed by atoms with Crippen LogP contribution < -0.4 is 0 Å². The molecule has 14 aromatic rings. The molecule has 2 atom stereocenters. The number of furan rings is 2. The fraction of sp³-hybridized carbons (Fsp3) is 0.0286. The molecular weight excluding hydrogens is 929 g/mol. The molecule has 0 bridgehead atoms. The first-order valence-electron chi connectivity index (χ1n) is 25.8. The molecule has 4 aromatic heterocycles. The summed E-state index contributed by atoms with van der Waals surface area (Å²) in [6.45, 7) is 0. The number of rotatable bonds is 7. The van der Waals surface area contributed by atoms with Crippen LogP contribution in [0.25, 0.3) is 123 Å². The Morgan fingerprint density at radius 1 is 0.289 bits per heavy atom. The highest BCUT2D eigenvalue weighted by atomic mass is 16.3. The van der Waals surface area contributed by atoms with Gasteiger partial charge in [-0.05, 0) is 92.0 Å². The summed E-state index contributed by atoms with van der Waals surface area (Å²) in [5.41, 5.74) is 21.6. The van der Waals surface area contributed by atoms with Crippen molar-refractivity contribution in [2.24, 2.45) is 0 Å². The van der Waals surface area contributed by atoms with Crippen molar-refractivity contribution in [2.75, 3.05) is 0 Å². The molecule has 0 amide bonds. The third-order valence-corrected chi connectivity index (χ3v) is 15.7. The number of nitrogens with zero attached hydrogens (tertiary/aromatic N) is 4. The van der Waals surface area contributed by atoms with Crippen molar-refractivity contribution in [1.82, 2.24) is 19.9 Å². The first-order valence-corrected chi connectivity index (χ1v) is 25.8. The summed E-state index contributed by atoms with van der Waals surface area (Å²) in [6.07, 6.45) is 1.96. The molecule has 0 saturated heterocycles. The average Bonchev–Trinajstić information content (AvgIpc) is 4.24. The van der Waals surface area contributed by atoms with Gasteiger partial charge in [-0.25, -0.2) is 15.0 Å². The molecule has 6 nitrogen and oxygen atoms in total. The van der Waals surface area contributed by atoms with Gasteiger partial charge in [0.15, 0.2) is 17.5 Å². The van der Waals surface area contributed by atoms with Crippen LogP contribution in [0.3, 0.4) is 0 Å². The summed E-state index contributed by atoms with van der Waals surface area (Å²) in [5.74, 6) is 1.81. The van der Waals surface area contributed by atoms with Gasteiger partial charge in [-0.1, -0.05) is 200 Å². The zero-order chi connectivity index (χ0) is 49.8. The lowest BCUT2D eigenvalue weighted by Crippen LogP contribution is -2.02. The number of benzene rings is 10. The van der Waals surface area contributed by atoms with Crippen LogP contribution in [0, 0.1) is 0 Å². The van der Waals surface area contributed by atoms with Crippen LogP contribution in [0.5, 0.6) is 0 Å². The molecule has 2 aliphatic carbocycles. The summed E-state index contributed by atoms with van der Waals surface area (Å²) in [4.78, 5) is 21.2. The lowest BCUT2D eigenvalue weighted by molar-refractivity contribution is 0.668. The van der Waals surface area contributed by atoms with Gasteiger partial charge in [0.25, 0.3) is 0 Å². The maximum absolute atomic E-state index is 7.11. The van der Waals surface area contributed by atoms with Gasteiger partial charge in [0, 0.05) is 73.0 Å². The summed E-state index contributed by atoms with van der Waals surface area (Å²) in [5, 5.41) is 4.17. The maximum Gasteiger partial charge on any atom is 0.166 e. The molecule has 4 heterocycles. The van der Waals surface area contributed by atoms with Crippen LogP contribution in [0.15, 0.2) is 252 Å². The monoisotopic (exact) mass is 970 g/mol. The highest BCUT2D eigenvalue weighted by Gasteiger charge is 2.33. The van der Waals surface area contributed by atoms with Crippen LogP contribution in [0.1, 0.15) is 45.2 Å². The molecule has 2 unspecified atom stereocenters. The maximum atomic E-state index is 7.11. The zero-order valence-electron chi connectivity index (χ0n) is 40.9. The number of aromatic nitrogens is 4. The van der Waals surface area contributed by atoms with Gasteiger partial charge in [0.2, 0.25) is 0 Å². The molecule has 16 rings (SSSR count). The lowest BCUT2D eigenvalue weighted by Gasteiger charge is -2.14.